The first-order chi connectivity index (χ1) is 15.5. The number of hydrogen-bond donors (Lipinski definition) is 2. The lowest BCUT2D eigenvalue weighted by molar-refractivity contribution is 0.575. The van der Waals surface area contributed by atoms with Gasteiger partial charge >= 0.3 is 0 Å². The Morgan fingerprint density at radius 3 is 2.75 bits per heavy atom. The van der Waals surface area contributed by atoms with Gasteiger partial charge in [-0.2, -0.15) is 0 Å². The summed E-state index contributed by atoms with van der Waals surface area (Å²) in [6, 6.07) is 10.7. The largest absolute Gasteiger partial charge is 0.357 e. The molecule has 4 heterocycles. The summed E-state index contributed by atoms with van der Waals surface area (Å²) in [7, 11) is 0. The van der Waals surface area contributed by atoms with Crippen molar-refractivity contribution in [1.82, 2.24) is 19.9 Å². The normalized spacial score (nSPS) is 19.1. The molecule has 2 unspecified atom stereocenters. The summed E-state index contributed by atoms with van der Waals surface area (Å²) in [5.41, 5.74) is 9.07. The fourth-order valence-corrected chi connectivity index (χ4v) is 5.19. The minimum Gasteiger partial charge on any atom is -0.357 e. The molecule has 1 aromatic carbocycles. The molecule has 0 saturated heterocycles. The summed E-state index contributed by atoms with van der Waals surface area (Å²) < 4.78 is 0. The van der Waals surface area contributed by atoms with Crippen LogP contribution in [0.2, 0.25) is 0 Å². The van der Waals surface area contributed by atoms with Gasteiger partial charge in [-0.15, -0.1) is 0 Å². The van der Waals surface area contributed by atoms with Crippen molar-refractivity contribution in [2.24, 2.45) is 4.99 Å². The van der Waals surface area contributed by atoms with Crippen LogP contribution in [-0.2, 0) is 11.8 Å². The van der Waals surface area contributed by atoms with Gasteiger partial charge in [-0.1, -0.05) is 52.0 Å². The van der Waals surface area contributed by atoms with Crippen molar-refractivity contribution < 1.29 is 0 Å². The van der Waals surface area contributed by atoms with Gasteiger partial charge in [0.1, 0.15) is 11.9 Å². The second-order valence-electron chi connectivity index (χ2n) is 9.76. The Kier molecular flexibility index (Phi) is 4.06. The number of imidazole rings is 1. The van der Waals surface area contributed by atoms with Crippen LogP contribution in [0.4, 0.5) is 0 Å². The second kappa shape index (κ2) is 6.76. The maximum absolute atomic E-state index is 5.20. The Morgan fingerprint density at radius 2 is 1.94 bits per heavy atom. The maximum Gasteiger partial charge on any atom is 0.140 e. The third-order valence-electron chi connectivity index (χ3n) is 6.72. The zero-order valence-corrected chi connectivity index (χ0v) is 18.9. The van der Waals surface area contributed by atoms with Gasteiger partial charge in [0.2, 0.25) is 0 Å². The van der Waals surface area contributed by atoms with Crippen molar-refractivity contribution in [2.45, 2.75) is 51.5 Å². The molecule has 5 nitrogen and oxygen atoms in total. The van der Waals surface area contributed by atoms with Gasteiger partial charge in [-0.25, -0.2) is 4.98 Å². The van der Waals surface area contributed by atoms with Crippen LogP contribution < -0.4 is 0 Å². The van der Waals surface area contributed by atoms with Crippen molar-refractivity contribution in [2.75, 3.05) is 0 Å². The average Bonchev–Trinajstić information content (AvgIpc) is 3.41. The summed E-state index contributed by atoms with van der Waals surface area (Å²) in [6.45, 7) is 8.97. The fraction of sp³-hybridized carbons (Fsp3) is 0.296. The monoisotopic (exact) mass is 421 g/mol. The first kappa shape index (κ1) is 19.2. The number of dihydropyridines is 1. The molecule has 2 N–H and O–H groups in total. The van der Waals surface area contributed by atoms with Crippen LogP contribution in [0.5, 0.6) is 0 Å². The van der Waals surface area contributed by atoms with Crippen LogP contribution >= 0.6 is 0 Å². The second-order valence-corrected chi connectivity index (χ2v) is 9.76. The lowest BCUT2D eigenvalue weighted by Crippen LogP contribution is -2.18. The van der Waals surface area contributed by atoms with E-state index in [2.05, 4.69) is 68.0 Å². The van der Waals surface area contributed by atoms with Crippen molar-refractivity contribution in [1.29, 1.82) is 0 Å². The van der Waals surface area contributed by atoms with E-state index >= 15 is 0 Å². The fourth-order valence-electron chi connectivity index (χ4n) is 5.19. The third kappa shape index (κ3) is 2.67. The third-order valence-corrected chi connectivity index (χ3v) is 6.72. The molecule has 0 spiro atoms. The molecule has 32 heavy (non-hydrogen) atoms. The number of fused-ring (bicyclic) bond motifs is 7. The first-order valence-electron chi connectivity index (χ1n) is 11.4. The van der Waals surface area contributed by atoms with E-state index in [4.69, 9.17) is 15.0 Å². The number of aromatic nitrogens is 4. The highest BCUT2D eigenvalue weighted by atomic mass is 15.0. The highest BCUT2D eigenvalue weighted by molar-refractivity contribution is 5.98. The smallest absolute Gasteiger partial charge is 0.140 e. The van der Waals surface area contributed by atoms with Crippen LogP contribution in [-0.4, -0.2) is 26.2 Å². The molecular weight excluding hydrogens is 394 g/mol. The Balaban J connectivity index is 1.64. The number of allylic oxidation sites excluding steroid dienone is 1. The van der Waals surface area contributed by atoms with Crippen molar-refractivity contribution in [3.05, 3.63) is 71.3 Å². The number of aliphatic imine (C=N–C) groups is 1. The van der Waals surface area contributed by atoms with Crippen molar-refractivity contribution in [3.8, 4) is 22.6 Å². The number of para-hydroxylation sites is 1. The number of aryl methyl sites for hydroxylation is 1. The zero-order chi connectivity index (χ0) is 22.0. The van der Waals surface area contributed by atoms with Crippen molar-refractivity contribution in [3.63, 3.8) is 0 Å². The SMILES string of the molecule is CCc1cccc2c(-c3nc4c([nH]3)C3C=CC=NC3c3ncccc3-4)c(C(C)(C)C)[nH]c12. The molecule has 0 bridgehead atoms. The van der Waals surface area contributed by atoms with Crippen LogP contribution in [0.15, 0.2) is 53.7 Å². The van der Waals surface area contributed by atoms with E-state index in [1.54, 1.807) is 0 Å². The summed E-state index contributed by atoms with van der Waals surface area (Å²) in [5.74, 6) is 1.03. The molecule has 4 aromatic rings. The number of aromatic amines is 2. The average molecular weight is 422 g/mol. The van der Waals surface area contributed by atoms with E-state index in [1.165, 1.54) is 27.7 Å². The molecule has 0 amide bonds. The summed E-state index contributed by atoms with van der Waals surface area (Å²) in [6.07, 6.45) is 8.96. The van der Waals surface area contributed by atoms with Crippen molar-refractivity contribution >= 4 is 17.1 Å². The molecule has 0 fully saturated rings. The Hall–Kier alpha value is -3.47. The van der Waals surface area contributed by atoms with Gasteiger partial charge in [0, 0.05) is 51.5 Å². The predicted molar refractivity (Wildman–Crippen MR) is 130 cm³/mol. The van der Waals surface area contributed by atoms with E-state index in [9.17, 15) is 0 Å². The lowest BCUT2D eigenvalue weighted by atomic mass is 9.82. The highest BCUT2D eigenvalue weighted by Gasteiger charge is 2.37. The first-order valence-corrected chi connectivity index (χ1v) is 11.4. The van der Waals surface area contributed by atoms with Crippen LogP contribution in [0.25, 0.3) is 33.5 Å². The van der Waals surface area contributed by atoms with E-state index < -0.39 is 0 Å². The Morgan fingerprint density at radius 1 is 1.06 bits per heavy atom. The standard InChI is InChI=1S/C27H27N5/c1-5-15-9-6-10-16-19(25(27(2,3)4)30-20(15)16)26-31-23-17-11-7-13-28-21(17)22-18(24(23)32-26)12-8-14-29-22/h6-14,17,21,30H,5H2,1-4H3,(H,31,32). The Bertz CT molecular complexity index is 1410. The van der Waals surface area contributed by atoms with E-state index in [0.29, 0.717) is 0 Å². The Labute approximate surface area is 187 Å². The molecule has 160 valence electrons. The number of pyridine rings is 1. The van der Waals surface area contributed by atoms with E-state index in [-0.39, 0.29) is 17.4 Å². The summed E-state index contributed by atoms with van der Waals surface area (Å²) >= 11 is 0. The number of hydrogen-bond acceptors (Lipinski definition) is 3. The number of rotatable bonds is 2. The quantitative estimate of drug-likeness (QED) is 0.401. The molecule has 6 rings (SSSR count). The van der Waals surface area contributed by atoms with Crippen LogP contribution in [0, 0.1) is 0 Å². The molecule has 1 aliphatic heterocycles. The number of H-pyrrole nitrogens is 2. The molecule has 2 aliphatic rings. The highest BCUT2D eigenvalue weighted by Crippen LogP contribution is 2.49. The molecular formula is C27H27N5. The van der Waals surface area contributed by atoms with Crippen LogP contribution in [0.3, 0.4) is 0 Å². The van der Waals surface area contributed by atoms with Gasteiger partial charge in [0.15, 0.2) is 0 Å². The van der Waals surface area contributed by atoms with Gasteiger partial charge < -0.3 is 9.97 Å². The number of benzene rings is 1. The summed E-state index contributed by atoms with van der Waals surface area (Å²) in [5, 5.41) is 1.22. The minimum absolute atomic E-state index is 0.00579. The number of nitrogens with zero attached hydrogens (tertiary/aromatic N) is 3. The predicted octanol–water partition coefficient (Wildman–Crippen LogP) is 6.26. The maximum atomic E-state index is 5.20. The summed E-state index contributed by atoms with van der Waals surface area (Å²) in [4.78, 5) is 22.2. The lowest BCUT2D eigenvalue weighted by Gasteiger charge is -2.28. The van der Waals surface area contributed by atoms with Gasteiger partial charge in [-0.05, 0) is 30.2 Å². The van der Waals surface area contributed by atoms with Gasteiger partial charge in [0.05, 0.1) is 17.1 Å². The molecule has 5 heteroatoms. The zero-order valence-electron chi connectivity index (χ0n) is 18.9. The molecule has 2 atom stereocenters. The molecule has 0 radical (unpaired) electrons. The van der Waals surface area contributed by atoms with Crippen LogP contribution in [0.1, 0.15) is 62.3 Å². The topological polar surface area (TPSA) is 69.7 Å². The van der Waals surface area contributed by atoms with E-state index in [1.807, 2.05) is 24.6 Å². The minimum atomic E-state index is -0.0519. The van der Waals surface area contributed by atoms with E-state index in [0.717, 1.165) is 34.9 Å². The number of nitrogens with one attached hydrogen (secondary N) is 2. The molecule has 0 saturated carbocycles. The molecule has 3 aromatic heterocycles. The molecule has 1 aliphatic carbocycles. The van der Waals surface area contributed by atoms with Gasteiger partial charge in [-0.3, -0.25) is 9.98 Å². The van der Waals surface area contributed by atoms with Gasteiger partial charge in [0.25, 0.3) is 0 Å².